The molecule has 0 nitrogen and oxygen atoms in total. The smallest absolute Gasteiger partial charge is 0.0641 e. The summed E-state index contributed by atoms with van der Waals surface area (Å²) >= 11 is 0. The molecule has 0 fully saturated rings. The molecule has 3 aromatic carbocycles. The number of allylic oxidation sites excluding steroid dienone is 1. The normalized spacial score (nSPS) is 11.3. The molecule has 0 saturated heterocycles. The van der Waals surface area contributed by atoms with E-state index in [0.29, 0.717) is 0 Å². The van der Waals surface area contributed by atoms with Crippen LogP contribution in [-0.2, 0) is 0 Å². The number of aryl methyl sites for hydroxylation is 1. The number of rotatable bonds is 4. The summed E-state index contributed by atoms with van der Waals surface area (Å²) in [5, 5.41) is 0. The van der Waals surface area contributed by atoms with E-state index >= 15 is 0 Å². The highest BCUT2D eigenvalue weighted by atomic mass is 14.1. The zero-order valence-corrected chi connectivity index (χ0v) is 13.8. The Labute approximate surface area is 144 Å². The average molecular weight is 308 g/mol. The van der Waals surface area contributed by atoms with Gasteiger partial charge in [0.05, 0.1) is 5.92 Å². The Bertz CT molecular complexity index is 823. The van der Waals surface area contributed by atoms with Gasteiger partial charge in [0.25, 0.3) is 0 Å². The molecule has 24 heavy (non-hydrogen) atoms. The first-order chi connectivity index (χ1) is 11.8. The molecule has 0 N–H and O–H groups in total. The fourth-order valence-corrected chi connectivity index (χ4v) is 2.92. The zero-order chi connectivity index (χ0) is 16.8. The lowest BCUT2D eigenvalue weighted by Crippen LogP contribution is -1.98. The topological polar surface area (TPSA) is 0 Å². The Balaban J connectivity index is 2.13. The minimum absolute atomic E-state index is 0.0541. The number of terminal acetylenes is 1. The first-order valence-electron chi connectivity index (χ1n) is 8.14. The van der Waals surface area contributed by atoms with E-state index in [0.717, 1.165) is 0 Å². The Morgan fingerprint density at radius 1 is 0.792 bits per heavy atom. The second-order valence-corrected chi connectivity index (χ2v) is 5.81. The second kappa shape index (κ2) is 7.49. The zero-order valence-electron chi connectivity index (χ0n) is 13.8. The molecule has 0 aliphatic rings. The highest BCUT2D eigenvalue weighted by Gasteiger charge is 2.12. The minimum Gasteiger partial charge on any atom is -0.119 e. The molecule has 0 aliphatic carbocycles. The van der Waals surface area contributed by atoms with Crippen LogP contribution in [-0.4, -0.2) is 0 Å². The van der Waals surface area contributed by atoms with Gasteiger partial charge < -0.3 is 0 Å². The first kappa shape index (κ1) is 15.8. The Morgan fingerprint density at radius 3 is 1.79 bits per heavy atom. The molecule has 0 aliphatic heterocycles. The summed E-state index contributed by atoms with van der Waals surface area (Å²) in [6, 6.07) is 29.1. The molecule has 0 heterocycles. The van der Waals surface area contributed by atoms with Crippen molar-refractivity contribution < 1.29 is 0 Å². The molecular weight excluding hydrogens is 288 g/mol. The van der Waals surface area contributed by atoms with Crippen LogP contribution in [0.4, 0.5) is 0 Å². The van der Waals surface area contributed by atoms with Gasteiger partial charge >= 0.3 is 0 Å². The SMILES string of the molecule is C#CC(C=C(c1ccccc1)c1ccccc1)c1ccccc1C. The van der Waals surface area contributed by atoms with Crippen molar-refractivity contribution in [1.82, 2.24) is 0 Å². The average Bonchev–Trinajstić information content (AvgIpc) is 2.65. The standard InChI is InChI=1S/C24H20/c1-3-20(23-17-11-10-12-19(23)2)18-24(21-13-6-4-7-14-21)22-15-8-5-9-16-22/h1,4-18,20H,2H3. The summed E-state index contributed by atoms with van der Waals surface area (Å²) in [5.74, 6) is 2.90. The van der Waals surface area contributed by atoms with Crippen molar-refractivity contribution in [2.45, 2.75) is 12.8 Å². The maximum Gasteiger partial charge on any atom is 0.0641 e. The summed E-state index contributed by atoms with van der Waals surface area (Å²) < 4.78 is 0. The molecule has 116 valence electrons. The van der Waals surface area contributed by atoms with Crippen molar-refractivity contribution in [2.75, 3.05) is 0 Å². The lowest BCUT2D eigenvalue weighted by atomic mass is 9.89. The third kappa shape index (κ3) is 3.47. The quantitative estimate of drug-likeness (QED) is 0.531. The van der Waals surface area contributed by atoms with Crippen LogP contribution in [0.1, 0.15) is 28.2 Å². The van der Waals surface area contributed by atoms with Gasteiger partial charge in [-0.25, -0.2) is 0 Å². The number of benzene rings is 3. The highest BCUT2D eigenvalue weighted by molar-refractivity contribution is 5.80. The summed E-state index contributed by atoms with van der Waals surface area (Å²) in [6.07, 6.45) is 8.08. The van der Waals surface area contributed by atoms with Crippen LogP contribution >= 0.6 is 0 Å². The van der Waals surface area contributed by atoms with Crippen LogP contribution in [0, 0.1) is 19.3 Å². The predicted molar refractivity (Wildman–Crippen MR) is 103 cm³/mol. The molecule has 0 amide bonds. The molecule has 0 aromatic heterocycles. The van der Waals surface area contributed by atoms with Crippen molar-refractivity contribution in [2.24, 2.45) is 0 Å². The van der Waals surface area contributed by atoms with Crippen molar-refractivity contribution in [3.63, 3.8) is 0 Å². The van der Waals surface area contributed by atoms with Gasteiger partial charge in [-0.2, -0.15) is 0 Å². The number of hydrogen-bond donors (Lipinski definition) is 0. The summed E-state index contributed by atoms with van der Waals surface area (Å²) in [6.45, 7) is 2.11. The van der Waals surface area contributed by atoms with Crippen molar-refractivity contribution in [3.8, 4) is 12.3 Å². The van der Waals surface area contributed by atoms with Crippen LogP contribution in [0.15, 0.2) is 91.0 Å². The molecule has 0 bridgehead atoms. The van der Waals surface area contributed by atoms with Crippen LogP contribution in [0.2, 0.25) is 0 Å². The van der Waals surface area contributed by atoms with E-state index in [4.69, 9.17) is 6.42 Å². The van der Waals surface area contributed by atoms with E-state index in [-0.39, 0.29) is 5.92 Å². The third-order valence-electron chi connectivity index (χ3n) is 4.21. The van der Waals surface area contributed by atoms with Crippen molar-refractivity contribution in [3.05, 3.63) is 113 Å². The Hall–Kier alpha value is -3.04. The maximum absolute atomic E-state index is 5.88. The lowest BCUT2D eigenvalue weighted by molar-refractivity contribution is 1.10. The fraction of sp³-hybridized carbons (Fsp3) is 0.0833. The molecule has 3 rings (SSSR count). The van der Waals surface area contributed by atoms with Gasteiger partial charge in [0.15, 0.2) is 0 Å². The molecule has 0 heteroatoms. The molecule has 3 aromatic rings. The fourth-order valence-electron chi connectivity index (χ4n) is 2.92. The van der Waals surface area contributed by atoms with Crippen LogP contribution < -0.4 is 0 Å². The Kier molecular flexibility index (Phi) is 4.94. The van der Waals surface area contributed by atoms with Gasteiger partial charge in [0.2, 0.25) is 0 Å². The van der Waals surface area contributed by atoms with Gasteiger partial charge in [-0.3, -0.25) is 0 Å². The molecular formula is C24H20. The van der Waals surface area contributed by atoms with E-state index in [2.05, 4.69) is 79.6 Å². The van der Waals surface area contributed by atoms with E-state index in [9.17, 15) is 0 Å². The Morgan fingerprint density at radius 2 is 1.29 bits per heavy atom. The minimum atomic E-state index is -0.0541. The van der Waals surface area contributed by atoms with Crippen LogP contribution in [0.25, 0.3) is 5.57 Å². The van der Waals surface area contributed by atoms with Crippen LogP contribution in [0.5, 0.6) is 0 Å². The second-order valence-electron chi connectivity index (χ2n) is 5.81. The number of hydrogen-bond acceptors (Lipinski definition) is 0. The van der Waals surface area contributed by atoms with E-state index in [1.807, 2.05) is 24.3 Å². The van der Waals surface area contributed by atoms with Gasteiger partial charge in [0, 0.05) is 0 Å². The lowest BCUT2D eigenvalue weighted by Gasteiger charge is -2.14. The molecule has 0 spiro atoms. The predicted octanol–water partition coefficient (Wildman–Crippen LogP) is 5.84. The maximum atomic E-state index is 5.88. The van der Waals surface area contributed by atoms with E-state index in [1.165, 1.54) is 27.8 Å². The van der Waals surface area contributed by atoms with Gasteiger partial charge in [-0.1, -0.05) is 96.9 Å². The largest absolute Gasteiger partial charge is 0.119 e. The van der Waals surface area contributed by atoms with Crippen molar-refractivity contribution >= 4 is 5.57 Å². The first-order valence-corrected chi connectivity index (χ1v) is 8.14. The summed E-state index contributed by atoms with van der Waals surface area (Å²) in [4.78, 5) is 0. The van der Waals surface area contributed by atoms with Crippen molar-refractivity contribution in [1.29, 1.82) is 0 Å². The summed E-state index contributed by atoms with van der Waals surface area (Å²) in [5.41, 5.74) is 5.93. The molecule has 0 saturated carbocycles. The van der Waals surface area contributed by atoms with Gasteiger partial charge in [-0.05, 0) is 34.8 Å². The van der Waals surface area contributed by atoms with E-state index in [1.54, 1.807) is 0 Å². The van der Waals surface area contributed by atoms with Gasteiger partial charge in [-0.15, -0.1) is 6.42 Å². The molecule has 0 radical (unpaired) electrons. The third-order valence-corrected chi connectivity index (χ3v) is 4.21. The van der Waals surface area contributed by atoms with Crippen LogP contribution in [0.3, 0.4) is 0 Å². The molecule has 1 unspecified atom stereocenters. The monoisotopic (exact) mass is 308 g/mol. The highest BCUT2D eigenvalue weighted by Crippen LogP contribution is 2.29. The van der Waals surface area contributed by atoms with E-state index < -0.39 is 0 Å². The summed E-state index contributed by atoms with van der Waals surface area (Å²) in [7, 11) is 0. The van der Waals surface area contributed by atoms with Gasteiger partial charge in [0.1, 0.15) is 0 Å². The molecule has 1 atom stereocenters.